The van der Waals surface area contributed by atoms with Gasteiger partial charge in [-0.1, -0.05) is 12.5 Å². The minimum absolute atomic E-state index is 0.0198. The average Bonchev–Trinajstić information content (AvgIpc) is 2.41. The van der Waals surface area contributed by atoms with Crippen LogP contribution in [0.15, 0.2) is 29.2 Å². The zero-order chi connectivity index (χ0) is 15.5. The van der Waals surface area contributed by atoms with Crippen molar-refractivity contribution in [3.05, 3.63) is 29.8 Å². The number of hydrogen-bond donors (Lipinski definition) is 2. The summed E-state index contributed by atoms with van der Waals surface area (Å²) in [7, 11) is -3.73. The first-order chi connectivity index (χ1) is 9.87. The molecular formula is C14H16N2O4S. The largest absolute Gasteiger partial charge is 0.481 e. The number of hydrogen-bond acceptors (Lipinski definition) is 4. The smallest absolute Gasteiger partial charge is 0.303 e. The molecule has 0 atom stereocenters. The fourth-order valence-corrected chi connectivity index (χ4v) is 3.68. The quantitative estimate of drug-likeness (QED) is 0.827. The van der Waals surface area contributed by atoms with E-state index >= 15 is 0 Å². The van der Waals surface area contributed by atoms with Gasteiger partial charge in [0, 0.05) is 6.54 Å². The number of nitrogens with zero attached hydrogens (tertiary/aromatic N) is 1. The van der Waals surface area contributed by atoms with Gasteiger partial charge in [-0.15, -0.1) is 0 Å². The number of nitrogens with one attached hydrogen (secondary N) is 1. The predicted molar refractivity (Wildman–Crippen MR) is 74.9 cm³/mol. The number of rotatable bonds is 6. The number of aliphatic carboxylic acids is 1. The summed E-state index contributed by atoms with van der Waals surface area (Å²) in [5.74, 6) is -0.916. The molecular weight excluding hydrogens is 292 g/mol. The molecule has 1 fully saturated rings. The van der Waals surface area contributed by atoms with E-state index in [1.54, 1.807) is 0 Å². The molecule has 2 rings (SSSR count). The molecule has 1 aromatic rings. The van der Waals surface area contributed by atoms with Crippen LogP contribution in [0.4, 0.5) is 0 Å². The number of carbonyl (C=O) groups is 1. The van der Waals surface area contributed by atoms with E-state index in [9.17, 15) is 13.2 Å². The summed E-state index contributed by atoms with van der Waals surface area (Å²) in [6.07, 6.45) is 2.30. The van der Waals surface area contributed by atoms with Gasteiger partial charge in [-0.3, -0.25) is 4.79 Å². The summed E-state index contributed by atoms with van der Waals surface area (Å²) >= 11 is 0. The van der Waals surface area contributed by atoms with Crippen LogP contribution in [0.3, 0.4) is 0 Å². The Hall–Kier alpha value is -1.91. The first-order valence-corrected chi connectivity index (χ1v) is 8.07. The third-order valence-electron chi connectivity index (χ3n) is 3.85. The Balaban J connectivity index is 2.11. The van der Waals surface area contributed by atoms with Gasteiger partial charge in [-0.05, 0) is 36.5 Å². The van der Waals surface area contributed by atoms with Crippen molar-refractivity contribution in [2.45, 2.75) is 30.6 Å². The van der Waals surface area contributed by atoms with Crippen LogP contribution in [0.25, 0.3) is 0 Å². The molecule has 2 N–H and O–H groups in total. The minimum Gasteiger partial charge on any atom is -0.481 e. The van der Waals surface area contributed by atoms with Gasteiger partial charge < -0.3 is 5.11 Å². The highest BCUT2D eigenvalue weighted by molar-refractivity contribution is 7.89. The maximum atomic E-state index is 12.2. The summed E-state index contributed by atoms with van der Waals surface area (Å²) in [6, 6.07) is 7.63. The standard InChI is InChI=1S/C14H16N2O4S/c15-9-11-3-1-4-12(7-11)21(19,20)16-10-14(5-2-6-14)8-13(17)18/h1,3-4,7,16H,2,5-6,8,10H2,(H,17,18). The Morgan fingerprint density at radius 2 is 2.14 bits per heavy atom. The van der Waals surface area contributed by atoms with Crippen LogP contribution in [-0.2, 0) is 14.8 Å². The molecule has 1 aliphatic carbocycles. The Morgan fingerprint density at radius 1 is 1.43 bits per heavy atom. The third kappa shape index (κ3) is 3.60. The third-order valence-corrected chi connectivity index (χ3v) is 5.25. The molecule has 1 saturated carbocycles. The van der Waals surface area contributed by atoms with Crippen molar-refractivity contribution in [3.63, 3.8) is 0 Å². The van der Waals surface area contributed by atoms with Crippen molar-refractivity contribution >= 4 is 16.0 Å². The molecule has 0 bridgehead atoms. The summed E-state index contributed by atoms with van der Waals surface area (Å²) in [5.41, 5.74) is -0.215. The summed E-state index contributed by atoms with van der Waals surface area (Å²) in [5, 5.41) is 17.7. The number of carboxylic acids is 1. The lowest BCUT2D eigenvalue weighted by atomic mass is 9.67. The van der Waals surface area contributed by atoms with E-state index in [0.717, 1.165) is 6.42 Å². The summed E-state index contributed by atoms with van der Waals surface area (Å²) in [6.45, 7) is 0.110. The van der Waals surface area contributed by atoms with E-state index in [4.69, 9.17) is 10.4 Å². The zero-order valence-corrected chi connectivity index (χ0v) is 12.2. The van der Waals surface area contributed by atoms with Crippen LogP contribution in [0, 0.1) is 16.7 Å². The van der Waals surface area contributed by atoms with Gasteiger partial charge >= 0.3 is 5.97 Å². The lowest BCUT2D eigenvalue weighted by molar-refractivity contribution is -0.141. The Bertz CT molecular complexity index is 687. The zero-order valence-electron chi connectivity index (χ0n) is 11.4. The van der Waals surface area contributed by atoms with Crippen LogP contribution in [0.5, 0.6) is 0 Å². The second-order valence-electron chi connectivity index (χ2n) is 5.39. The highest BCUT2D eigenvalue weighted by atomic mass is 32.2. The average molecular weight is 308 g/mol. The molecule has 0 heterocycles. The van der Waals surface area contributed by atoms with E-state index in [2.05, 4.69) is 4.72 Å². The highest BCUT2D eigenvalue weighted by Crippen LogP contribution is 2.43. The van der Waals surface area contributed by atoms with Crippen LogP contribution >= 0.6 is 0 Å². The van der Waals surface area contributed by atoms with Crippen molar-refractivity contribution in [1.82, 2.24) is 4.72 Å². The monoisotopic (exact) mass is 308 g/mol. The van der Waals surface area contributed by atoms with Gasteiger partial charge in [-0.25, -0.2) is 13.1 Å². The van der Waals surface area contributed by atoms with Gasteiger partial charge in [0.2, 0.25) is 10.0 Å². The molecule has 112 valence electrons. The molecule has 0 aromatic heterocycles. The van der Waals surface area contributed by atoms with Gasteiger partial charge in [0.1, 0.15) is 0 Å². The van der Waals surface area contributed by atoms with E-state index in [0.29, 0.717) is 12.8 Å². The molecule has 0 saturated heterocycles. The van der Waals surface area contributed by atoms with Crippen LogP contribution in [0.1, 0.15) is 31.2 Å². The number of benzene rings is 1. The van der Waals surface area contributed by atoms with Crippen LogP contribution in [-0.4, -0.2) is 26.0 Å². The van der Waals surface area contributed by atoms with Crippen molar-refractivity contribution in [2.24, 2.45) is 5.41 Å². The second-order valence-corrected chi connectivity index (χ2v) is 7.16. The van der Waals surface area contributed by atoms with Crippen molar-refractivity contribution in [2.75, 3.05) is 6.54 Å². The summed E-state index contributed by atoms with van der Waals surface area (Å²) in [4.78, 5) is 10.9. The Kier molecular flexibility index (Phi) is 4.30. The lowest BCUT2D eigenvalue weighted by Crippen LogP contribution is -2.43. The molecule has 21 heavy (non-hydrogen) atoms. The SMILES string of the molecule is N#Cc1cccc(S(=O)(=O)NCC2(CC(=O)O)CCC2)c1. The highest BCUT2D eigenvalue weighted by Gasteiger charge is 2.39. The van der Waals surface area contributed by atoms with Crippen molar-refractivity contribution in [1.29, 1.82) is 5.26 Å². The first kappa shape index (κ1) is 15.5. The lowest BCUT2D eigenvalue weighted by Gasteiger charge is -2.40. The molecule has 7 heteroatoms. The molecule has 1 aliphatic rings. The number of sulfonamides is 1. The van der Waals surface area contributed by atoms with Gasteiger partial charge in [0.05, 0.1) is 22.9 Å². The molecule has 0 unspecified atom stereocenters. The van der Waals surface area contributed by atoms with Crippen molar-refractivity contribution < 1.29 is 18.3 Å². The molecule has 0 amide bonds. The van der Waals surface area contributed by atoms with E-state index < -0.39 is 21.4 Å². The Labute approximate surface area is 123 Å². The molecule has 0 aliphatic heterocycles. The van der Waals surface area contributed by atoms with Gasteiger partial charge in [0.25, 0.3) is 0 Å². The van der Waals surface area contributed by atoms with E-state index in [1.165, 1.54) is 24.3 Å². The molecule has 1 aromatic carbocycles. The van der Waals surface area contributed by atoms with Crippen LogP contribution < -0.4 is 4.72 Å². The maximum Gasteiger partial charge on any atom is 0.303 e. The molecule has 0 spiro atoms. The maximum absolute atomic E-state index is 12.2. The number of nitriles is 1. The molecule has 6 nitrogen and oxygen atoms in total. The van der Waals surface area contributed by atoms with Crippen molar-refractivity contribution in [3.8, 4) is 6.07 Å². The number of carboxylic acid groups (broad SMARTS) is 1. The Morgan fingerprint density at radius 3 is 2.67 bits per heavy atom. The molecule has 0 radical (unpaired) electrons. The summed E-state index contributed by atoms with van der Waals surface area (Å²) < 4.78 is 26.9. The second kappa shape index (κ2) is 5.84. The predicted octanol–water partition coefficient (Wildman–Crippen LogP) is 1.48. The fraction of sp³-hybridized carbons (Fsp3) is 0.429. The normalized spacial score (nSPS) is 16.7. The van der Waals surface area contributed by atoms with Gasteiger partial charge in [-0.2, -0.15) is 5.26 Å². The first-order valence-electron chi connectivity index (χ1n) is 6.59. The minimum atomic E-state index is -3.73. The van der Waals surface area contributed by atoms with Crippen LogP contribution in [0.2, 0.25) is 0 Å². The van der Waals surface area contributed by atoms with Gasteiger partial charge in [0.15, 0.2) is 0 Å². The van der Waals surface area contributed by atoms with E-state index in [-0.39, 0.29) is 23.4 Å². The van der Waals surface area contributed by atoms with E-state index in [1.807, 2.05) is 6.07 Å². The fourth-order valence-electron chi connectivity index (χ4n) is 2.48. The topological polar surface area (TPSA) is 107 Å².